The molecule has 1 saturated heterocycles. The van der Waals surface area contributed by atoms with Crippen molar-refractivity contribution in [3.05, 3.63) is 75.2 Å². The fourth-order valence-electron chi connectivity index (χ4n) is 4.35. The Morgan fingerprint density at radius 3 is 2.76 bits per heavy atom. The topological polar surface area (TPSA) is 85.7 Å². The maximum absolute atomic E-state index is 14.7. The minimum absolute atomic E-state index is 0.196. The minimum Gasteiger partial charge on any atom is -0.365 e. The van der Waals surface area contributed by atoms with E-state index in [2.05, 4.69) is 20.2 Å². The first kappa shape index (κ1) is 21.4. The number of benzene rings is 1. The van der Waals surface area contributed by atoms with Crippen molar-refractivity contribution in [1.82, 2.24) is 24.6 Å². The summed E-state index contributed by atoms with van der Waals surface area (Å²) in [7, 11) is 1.49. The quantitative estimate of drug-likeness (QED) is 0.481. The number of fused-ring (bicyclic) bond motifs is 3. The molecule has 1 fully saturated rings. The Bertz CT molecular complexity index is 1400. The molecule has 8 nitrogen and oxygen atoms in total. The van der Waals surface area contributed by atoms with Crippen molar-refractivity contribution in [3.63, 3.8) is 0 Å². The number of carbonyl (C=O) groups is 1. The van der Waals surface area contributed by atoms with E-state index in [4.69, 9.17) is 11.6 Å². The third kappa shape index (κ3) is 3.94. The number of nitrogens with one attached hydrogen (secondary N) is 2. The molecule has 33 heavy (non-hydrogen) atoms. The number of aromatic amines is 1. The van der Waals surface area contributed by atoms with Gasteiger partial charge in [-0.3, -0.25) is 19.1 Å². The number of H-pyrrole nitrogens is 1. The second-order valence-electron chi connectivity index (χ2n) is 8.06. The zero-order chi connectivity index (χ0) is 23.1. The van der Waals surface area contributed by atoms with Crippen LogP contribution in [0.15, 0.2) is 47.5 Å². The van der Waals surface area contributed by atoms with Gasteiger partial charge < -0.3 is 15.2 Å². The summed E-state index contributed by atoms with van der Waals surface area (Å²) in [6, 6.07) is 8.36. The van der Waals surface area contributed by atoms with Gasteiger partial charge in [-0.2, -0.15) is 0 Å². The zero-order valence-electron chi connectivity index (χ0n) is 17.9. The summed E-state index contributed by atoms with van der Waals surface area (Å²) in [6.45, 7) is 3.27. The first-order valence-electron chi connectivity index (χ1n) is 10.6. The van der Waals surface area contributed by atoms with Crippen molar-refractivity contribution in [2.24, 2.45) is 0 Å². The standard InChI is InChI=1S/C23H22ClFN6O2/c1-26-22(32)15-10-16(24)21(17(25)11-15)30-7-5-29(6-8-30)13-14-9-18-20(27-12-14)19-3-2-4-31(19)23(33)28-18/h2-4,9-12H,5-8,13H2,1H3,(H,26,32)(H,28,33). The first-order chi connectivity index (χ1) is 15.9. The molecule has 0 unspecified atom stereocenters. The van der Waals surface area contributed by atoms with E-state index in [0.29, 0.717) is 43.9 Å². The van der Waals surface area contributed by atoms with Crippen LogP contribution in [0.25, 0.3) is 16.6 Å². The molecule has 10 heteroatoms. The summed E-state index contributed by atoms with van der Waals surface area (Å²) in [4.78, 5) is 35.7. The summed E-state index contributed by atoms with van der Waals surface area (Å²) in [5, 5.41) is 2.70. The molecule has 5 rings (SSSR count). The van der Waals surface area contributed by atoms with Crippen molar-refractivity contribution >= 4 is 39.7 Å². The van der Waals surface area contributed by atoms with Crippen LogP contribution < -0.4 is 15.9 Å². The molecule has 0 bridgehead atoms. The van der Waals surface area contributed by atoms with Crippen molar-refractivity contribution < 1.29 is 9.18 Å². The zero-order valence-corrected chi connectivity index (χ0v) is 18.7. The predicted molar refractivity (Wildman–Crippen MR) is 126 cm³/mol. The van der Waals surface area contributed by atoms with Crippen molar-refractivity contribution in [2.45, 2.75) is 6.54 Å². The average molecular weight is 469 g/mol. The minimum atomic E-state index is -0.506. The van der Waals surface area contributed by atoms with Crippen LogP contribution in [0, 0.1) is 5.82 Å². The number of piperazine rings is 1. The molecule has 1 aliphatic heterocycles. The smallest absolute Gasteiger partial charge is 0.330 e. The Kier molecular flexibility index (Phi) is 5.51. The maximum atomic E-state index is 14.7. The van der Waals surface area contributed by atoms with Gasteiger partial charge in [-0.1, -0.05) is 11.6 Å². The van der Waals surface area contributed by atoms with Crippen LogP contribution in [-0.4, -0.2) is 58.4 Å². The predicted octanol–water partition coefficient (Wildman–Crippen LogP) is 2.65. The Labute approximate surface area is 193 Å². The molecule has 1 aliphatic rings. The second-order valence-corrected chi connectivity index (χ2v) is 8.47. The molecule has 0 radical (unpaired) electrons. The Morgan fingerprint density at radius 1 is 1.24 bits per heavy atom. The van der Waals surface area contributed by atoms with Crippen molar-refractivity contribution in [3.8, 4) is 0 Å². The number of pyridine rings is 1. The van der Waals surface area contributed by atoms with E-state index in [0.717, 1.165) is 16.6 Å². The number of halogens is 2. The highest BCUT2D eigenvalue weighted by molar-refractivity contribution is 6.33. The molecule has 0 atom stereocenters. The van der Waals surface area contributed by atoms with Crippen molar-refractivity contribution in [1.29, 1.82) is 0 Å². The SMILES string of the molecule is CNC(=O)c1cc(F)c(N2CCN(Cc3cnc4c(c3)[nH]c(=O)n3cccc43)CC2)c(Cl)c1. The number of anilines is 1. The van der Waals surface area contributed by atoms with Crippen LogP contribution in [0.2, 0.25) is 5.02 Å². The Hall–Kier alpha value is -3.43. The van der Waals surface area contributed by atoms with Gasteiger partial charge in [0.05, 0.1) is 21.7 Å². The van der Waals surface area contributed by atoms with E-state index in [1.165, 1.54) is 19.2 Å². The van der Waals surface area contributed by atoms with Crippen LogP contribution in [-0.2, 0) is 6.54 Å². The van der Waals surface area contributed by atoms with Gasteiger partial charge in [-0.05, 0) is 35.9 Å². The van der Waals surface area contributed by atoms with E-state index in [9.17, 15) is 14.0 Å². The number of nitrogens with zero attached hydrogens (tertiary/aromatic N) is 4. The summed E-state index contributed by atoms with van der Waals surface area (Å²) in [5.41, 5.74) is 3.53. The molecule has 2 N–H and O–H groups in total. The fraction of sp³-hybridized carbons (Fsp3) is 0.261. The molecular weight excluding hydrogens is 447 g/mol. The van der Waals surface area contributed by atoms with Crippen LogP contribution in [0.3, 0.4) is 0 Å². The number of hydrogen-bond donors (Lipinski definition) is 2. The monoisotopic (exact) mass is 468 g/mol. The number of aromatic nitrogens is 3. The molecule has 1 amide bonds. The average Bonchev–Trinajstić information content (AvgIpc) is 3.30. The van der Waals surface area contributed by atoms with Crippen molar-refractivity contribution in [2.75, 3.05) is 38.1 Å². The van der Waals surface area contributed by atoms with E-state index in [1.54, 1.807) is 10.6 Å². The molecule has 0 aliphatic carbocycles. The van der Waals surface area contributed by atoms with Gasteiger partial charge in [0.15, 0.2) is 0 Å². The van der Waals surface area contributed by atoms with Crippen LogP contribution in [0.4, 0.5) is 10.1 Å². The van der Waals surface area contributed by atoms with Crippen LogP contribution in [0.5, 0.6) is 0 Å². The van der Waals surface area contributed by atoms with E-state index >= 15 is 0 Å². The molecule has 3 aromatic heterocycles. The molecule has 1 aromatic carbocycles. The van der Waals surface area contributed by atoms with Crippen LogP contribution >= 0.6 is 11.6 Å². The lowest BCUT2D eigenvalue weighted by molar-refractivity contribution is 0.0962. The summed E-state index contributed by atoms with van der Waals surface area (Å²) >= 11 is 6.32. The molecule has 4 heterocycles. The summed E-state index contributed by atoms with van der Waals surface area (Å²) in [6.07, 6.45) is 3.54. The Balaban J connectivity index is 1.30. The third-order valence-corrected chi connectivity index (χ3v) is 6.29. The number of rotatable bonds is 4. The molecule has 0 saturated carbocycles. The van der Waals surface area contributed by atoms with Gasteiger partial charge >= 0.3 is 5.69 Å². The highest BCUT2D eigenvalue weighted by Gasteiger charge is 2.23. The van der Waals surface area contributed by atoms with E-state index in [-0.39, 0.29) is 22.2 Å². The highest BCUT2D eigenvalue weighted by atomic mass is 35.5. The highest BCUT2D eigenvalue weighted by Crippen LogP contribution is 2.31. The number of carbonyl (C=O) groups excluding carboxylic acids is 1. The lowest BCUT2D eigenvalue weighted by Gasteiger charge is -2.36. The molecule has 0 spiro atoms. The third-order valence-electron chi connectivity index (χ3n) is 6.00. The van der Waals surface area contributed by atoms with Gasteiger partial charge in [0.2, 0.25) is 0 Å². The molecule has 170 valence electrons. The number of amides is 1. The fourth-order valence-corrected chi connectivity index (χ4v) is 4.68. The van der Waals surface area contributed by atoms with Gasteiger partial charge in [-0.15, -0.1) is 0 Å². The first-order valence-corrected chi connectivity index (χ1v) is 11.0. The van der Waals surface area contributed by atoms with Gasteiger partial charge in [0.1, 0.15) is 11.3 Å². The normalized spacial score (nSPS) is 14.8. The lowest BCUT2D eigenvalue weighted by atomic mass is 10.1. The van der Waals surface area contributed by atoms with Gasteiger partial charge in [-0.25, -0.2) is 9.18 Å². The Morgan fingerprint density at radius 2 is 2.03 bits per heavy atom. The van der Waals surface area contributed by atoms with Crippen LogP contribution in [0.1, 0.15) is 15.9 Å². The maximum Gasteiger partial charge on any atom is 0.330 e. The molecule has 4 aromatic rings. The number of hydrogen-bond acceptors (Lipinski definition) is 5. The molecular formula is C23H22ClFN6O2. The van der Waals surface area contributed by atoms with E-state index in [1.807, 2.05) is 29.3 Å². The summed E-state index contributed by atoms with van der Waals surface area (Å²) < 4.78 is 16.3. The summed E-state index contributed by atoms with van der Waals surface area (Å²) in [5.74, 6) is -0.885. The van der Waals surface area contributed by atoms with E-state index < -0.39 is 5.82 Å². The largest absolute Gasteiger partial charge is 0.365 e. The van der Waals surface area contributed by atoms with Gasteiger partial charge in [0.25, 0.3) is 5.91 Å². The van der Waals surface area contributed by atoms with Gasteiger partial charge in [0, 0.05) is 57.7 Å². The second kappa shape index (κ2) is 8.49. The lowest BCUT2D eigenvalue weighted by Crippen LogP contribution is -2.46.